The monoisotopic (exact) mass is 630 g/mol. The molecule has 2 aliphatic rings. The molecule has 230 valence electrons. The Balaban J connectivity index is 1.27. The van der Waals surface area contributed by atoms with Crippen molar-refractivity contribution in [2.45, 2.75) is 25.5 Å². The third-order valence-corrected chi connectivity index (χ3v) is 9.34. The zero-order chi connectivity index (χ0) is 31.8. The van der Waals surface area contributed by atoms with Gasteiger partial charge < -0.3 is 19.3 Å². The summed E-state index contributed by atoms with van der Waals surface area (Å²) in [7, 11) is 3.20. The number of thiazole rings is 1. The van der Waals surface area contributed by atoms with Gasteiger partial charge in [-0.1, -0.05) is 65.9 Å². The highest BCUT2D eigenvalue weighted by Crippen LogP contribution is 2.41. The summed E-state index contributed by atoms with van der Waals surface area (Å²) in [5.41, 5.74) is 7.08. The second-order valence-electron chi connectivity index (χ2n) is 11.1. The minimum absolute atomic E-state index is 0.104. The molecule has 0 saturated carbocycles. The molecular weight excluding hydrogens is 600 g/mol. The van der Waals surface area contributed by atoms with Crippen LogP contribution in [-0.2, 0) is 13.0 Å². The first-order chi connectivity index (χ1) is 22.4. The molecule has 0 bridgehead atoms. The minimum Gasteiger partial charge on any atom is -0.497 e. The van der Waals surface area contributed by atoms with Crippen LogP contribution in [0.1, 0.15) is 50.6 Å². The zero-order valence-electron chi connectivity index (χ0n) is 25.2. The number of aromatic nitrogens is 1. The fourth-order valence-corrected chi connectivity index (χ4v) is 7.11. The number of aromatic carboxylic acids is 1. The number of carbonyl (C=O) groups is 1. The van der Waals surface area contributed by atoms with Gasteiger partial charge in [0.2, 0.25) is 0 Å². The number of ether oxygens (including phenoxy) is 3. The van der Waals surface area contributed by atoms with E-state index in [1.54, 1.807) is 38.5 Å². The van der Waals surface area contributed by atoms with Crippen LogP contribution >= 0.6 is 11.3 Å². The van der Waals surface area contributed by atoms with Crippen molar-refractivity contribution < 1.29 is 24.1 Å². The molecule has 1 atom stereocenters. The Morgan fingerprint density at radius 1 is 0.957 bits per heavy atom. The number of carboxylic acid groups (broad SMARTS) is 1. The van der Waals surface area contributed by atoms with Crippen LogP contribution in [0.2, 0.25) is 0 Å². The van der Waals surface area contributed by atoms with Crippen molar-refractivity contribution in [2.75, 3.05) is 14.2 Å². The van der Waals surface area contributed by atoms with Crippen molar-refractivity contribution >= 4 is 29.1 Å². The lowest BCUT2D eigenvalue weighted by atomic mass is 9.83. The van der Waals surface area contributed by atoms with Crippen molar-refractivity contribution in [3.05, 3.63) is 150 Å². The number of allylic oxidation sites excluding steroid dienone is 1. The number of hydrogen-bond donors (Lipinski definition) is 1. The lowest BCUT2D eigenvalue weighted by Crippen LogP contribution is -2.38. The molecule has 1 unspecified atom stereocenters. The van der Waals surface area contributed by atoms with E-state index >= 15 is 0 Å². The summed E-state index contributed by atoms with van der Waals surface area (Å²) in [6, 6.07) is 28.1. The number of aryl methyl sites for hydroxylation is 1. The zero-order valence-corrected chi connectivity index (χ0v) is 26.0. The Morgan fingerprint density at radius 3 is 2.57 bits per heavy atom. The van der Waals surface area contributed by atoms with Gasteiger partial charge in [0.1, 0.15) is 12.4 Å². The molecule has 46 heavy (non-hydrogen) atoms. The highest BCUT2D eigenvalue weighted by molar-refractivity contribution is 7.07. The van der Waals surface area contributed by atoms with Crippen molar-refractivity contribution in [2.24, 2.45) is 4.99 Å². The van der Waals surface area contributed by atoms with Crippen molar-refractivity contribution in [1.82, 2.24) is 4.57 Å². The van der Waals surface area contributed by atoms with Crippen LogP contribution < -0.4 is 29.1 Å². The van der Waals surface area contributed by atoms with Gasteiger partial charge in [0.25, 0.3) is 5.56 Å². The van der Waals surface area contributed by atoms with Crippen LogP contribution in [0, 0.1) is 0 Å². The molecule has 0 fully saturated rings. The summed E-state index contributed by atoms with van der Waals surface area (Å²) in [5.74, 6) is 0.774. The predicted octanol–water partition coefficient (Wildman–Crippen LogP) is 5.61. The fraction of sp³-hybridized carbons (Fsp3) is 0.162. The molecule has 4 aromatic carbocycles. The number of nitrogens with zero attached hydrogens (tertiary/aromatic N) is 2. The fourth-order valence-electron chi connectivity index (χ4n) is 6.11. The quantitative estimate of drug-likeness (QED) is 0.239. The van der Waals surface area contributed by atoms with Crippen LogP contribution in [0.15, 0.2) is 106 Å². The smallest absolute Gasteiger partial charge is 0.335 e. The maximum absolute atomic E-state index is 14.1. The van der Waals surface area contributed by atoms with Gasteiger partial charge in [-0.15, -0.1) is 0 Å². The maximum atomic E-state index is 14.1. The van der Waals surface area contributed by atoms with E-state index in [0.29, 0.717) is 20.8 Å². The van der Waals surface area contributed by atoms with Gasteiger partial charge in [-0.3, -0.25) is 9.36 Å². The van der Waals surface area contributed by atoms with Gasteiger partial charge in [0.05, 0.1) is 36.1 Å². The average molecular weight is 631 g/mol. The third kappa shape index (κ3) is 5.39. The molecule has 1 aromatic heterocycles. The topological polar surface area (TPSA) is 99.4 Å². The third-order valence-electron chi connectivity index (χ3n) is 8.36. The number of rotatable bonds is 8. The van der Waals surface area contributed by atoms with E-state index in [9.17, 15) is 14.7 Å². The van der Waals surface area contributed by atoms with Crippen LogP contribution in [0.3, 0.4) is 0 Å². The molecule has 0 saturated heterocycles. The normalized spacial score (nSPS) is 15.3. The lowest BCUT2D eigenvalue weighted by Gasteiger charge is -2.30. The molecule has 8 nitrogen and oxygen atoms in total. The van der Waals surface area contributed by atoms with Crippen molar-refractivity contribution in [3.8, 4) is 17.2 Å². The molecule has 9 heteroatoms. The van der Waals surface area contributed by atoms with Crippen LogP contribution in [0.4, 0.5) is 0 Å². The van der Waals surface area contributed by atoms with E-state index in [-0.39, 0.29) is 23.8 Å². The molecular formula is C37H30N2O6S. The second-order valence-corrected chi connectivity index (χ2v) is 12.1. The lowest BCUT2D eigenvalue weighted by molar-refractivity contribution is 0.0696. The maximum Gasteiger partial charge on any atom is 0.335 e. The first-order valence-corrected chi connectivity index (χ1v) is 15.7. The Kier molecular flexibility index (Phi) is 7.76. The molecule has 1 N–H and O–H groups in total. The van der Waals surface area contributed by atoms with E-state index in [0.717, 1.165) is 52.1 Å². The summed E-state index contributed by atoms with van der Waals surface area (Å²) >= 11 is 1.37. The summed E-state index contributed by atoms with van der Waals surface area (Å²) in [5, 5.41) is 9.29. The van der Waals surface area contributed by atoms with Gasteiger partial charge in [-0.05, 0) is 83.1 Å². The van der Waals surface area contributed by atoms with Gasteiger partial charge in [0.15, 0.2) is 16.3 Å². The van der Waals surface area contributed by atoms with Crippen molar-refractivity contribution in [3.63, 3.8) is 0 Å². The van der Waals surface area contributed by atoms with Crippen LogP contribution in [0.25, 0.3) is 11.8 Å². The molecule has 0 radical (unpaired) electrons. The SMILES string of the molecule is COc1ccc(C2C3=C(N=c4sc(=Cc5ccc(OCc6cccc(C(=O)O)c6)c(OC)c5)c(=O)n42)c2ccccc2CC3)cc1. The summed E-state index contributed by atoms with van der Waals surface area (Å²) < 4.78 is 19.4. The van der Waals surface area contributed by atoms with E-state index in [1.165, 1.54) is 16.9 Å². The highest BCUT2D eigenvalue weighted by atomic mass is 32.1. The second kappa shape index (κ2) is 12.2. The number of carboxylic acids is 1. The Morgan fingerprint density at radius 2 is 1.78 bits per heavy atom. The first kappa shape index (κ1) is 29.3. The Bertz CT molecular complexity index is 2200. The van der Waals surface area contributed by atoms with Crippen LogP contribution in [-0.4, -0.2) is 29.9 Å². The highest BCUT2D eigenvalue weighted by Gasteiger charge is 2.32. The summed E-state index contributed by atoms with van der Waals surface area (Å²) in [6.45, 7) is 0.175. The molecule has 0 amide bonds. The van der Waals surface area contributed by atoms with Gasteiger partial charge in [-0.25, -0.2) is 9.79 Å². The molecule has 2 heterocycles. The standard InChI is InChI=1S/C37H30N2O6S/c1-43-27-14-11-25(12-15-27)34-29-16-13-24-7-3-4-9-28(24)33(29)38-37-39(34)35(40)32(46-37)20-22-10-17-30(31(19-22)44-2)45-21-23-6-5-8-26(18-23)36(41)42/h3-12,14-15,17-20,34H,13,16,21H2,1-2H3,(H,41,42). The van der Waals surface area contributed by atoms with E-state index in [1.807, 2.05) is 59.2 Å². The molecule has 1 aliphatic heterocycles. The molecule has 7 rings (SSSR count). The van der Waals surface area contributed by atoms with E-state index in [4.69, 9.17) is 19.2 Å². The summed E-state index contributed by atoms with van der Waals surface area (Å²) in [4.78, 5) is 31.2. The number of hydrogen-bond acceptors (Lipinski definition) is 7. The van der Waals surface area contributed by atoms with Gasteiger partial charge in [0, 0.05) is 5.56 Å². The number of benzene rings is 4. The van der Waals surface area contributed by atoms with Gasteiger partial charge in [-0.2, -0.15) is 0 Å². The predicted molar refractivity (Wildman–Crippen MR) is 176 cm³/mol. The molecule has 0 spiro atoms. The minimum atomic E-state index is -0.991. The first-order valence-electron chi connectivity index (χ1n) is 14.8. The van der Waals surface area contributed by atoms with E-state index < -0.39 is 5.97 Å². The number of fused-ring (bicyclic) bond motifs is 3. The van der Waals surface area contributed by atoms with E-state index in [2.05, 4.69) is 18.2 Å². The largest absolute Gasteiger partial charge is 0.497 e. The molecule has 5 aromatic rings. The Labute approximate surface area is 268 Å². The number of methoxy groups -OCH3 is 2. The Hall–Kier alpha value is -5.41. The average Bonchev–Trinajstić information content (AvgIpc) is 3.40. The summed E-state index contributed by atoms with van der Waals surface area (Å²) in [6.07, 6.45) is 3.56. The van der Waals surface area contributed by atoms with Crippen LogP contribution in [0.5, 0.6) is 17.2 Å². The molecule has 1 aliphatic carbocycles. The van der Waals surface area contributed by atoms with Crippen molar-refractivity contribution in [1.29, 1.82) is 0 Å². The van der Waals surface area contributed by atoms with Gasteiger partial charge >= 0.3 is 5.97 Å².